The molecule has 1 aliphatic carbocycles. The molecule has 1 saturated heterocycles. The highest BCUT2D eigenvalue weighted by molar-refractivity contribution is 6.07. The van der Waals surface area contributed by atoms with Gasteiger partial charge in [0.05, 0.1) is 13.2 Å². The average Bonchev–Trinajstić information content (AvgIpc) is 2.88. The van der Waals surface area contributed by atoms with Gasteiger partial charge >= 0.3 is 6.03 Å². The van der Waals surface area contributed by atoms with Crippen molar-refractivity contribution in [2.75, 3.05) is 19.8 Å². The van der Waals surface area contributed by atoms with Gasteiger partial charge in [0, 0.05) is 0 Å². The molecule has 0 radical (unpaired) electrons. The zero-order valence-corrected chi connectivity index (χ0v) is 15.9. The van der Waals surface area contributed by atoms with Crippen molar-refractivity contribution in [3.63, 3.8) is 0 Å². The number of carbonyl (C=O) groups excluding carboxylic acids is 2. The van der Waals surface area contributed by atoms with E-state index in [1.54, 1.807) is 24.3 Å². The van der Waals surface area contributed by atoms with E-state index in [1.807, 2.05) is 6.92 Å². The summed E-state index contributed by atoms with van der Waals surface area (Å²) in [6.45, 7) is 4.59. The minimum atomic E-state index is -0.955. The number of rotatable bonds is 7. The molecule has 1 aromatic rings. The predicted octanol–water partition coefficient (Wildman–Crippen LogP) is 2.33. The molecule has 1 unspecified atom stereocenters. The van der Waals surface area contributed by atoms with E-state index < -0.39 is 17.7 Å². The van der Waals surface area contributed by atoms with E-state index >= 15 is 0 Å². The molecule has 1 aromatic carbocycles. The van der Waals surface area contributed by atoms with Crippen molar-refractivity contribution in [1.82, 2.24) is 10.2 Å². The molecule has 1 aliphatic heterocycles. The number of β-amino-alcohol motifs (C(OH)–C–C–N with tert-alkyl or cyclic N) is 1. The summed E-state index contributed by atoms with van der Waals surface area (Å²) >= 11 is 0. The van der Waals surface area contributed by atoms with Gasteiger partial charge in [-0.3, -0.25) is 9.69 Å². The van der Waals surface area contributed by atoms with E-state index in [0.717, 1.165) is 23.5 Å². The number of nitrogens with one attached hydrogen (secondary N) is 1. The van der Waals surface area contributed by atoms with Crippen molar-refractivity contribution in [2.45, 2.75) is 51.2 Å². The second-order valence-electron chi connectivity index (χ2n) is 7.48. The Kier molecular flexibility index (Phi) is 5.89. The molecule has 148 valence electrons. The van der Waals surface area contributed by atoms with Gasteiger partial charge in [-0.1, -0.05) is 6.92 Å². The number of aliphatic hydroxyl groups is 1. The molecular weight excluding hydrogens is 348 g/mol. The molecule has 7 nitrogen and oxygen atoms in total. The van der Waals surface area contributed by atoms with Crippen LogP contribution in [0, 0.1) is 5.92 Å². The largest absolute Gasteiger partial charge is 0.494 e. The number of benzene rings is 1. The molecule has 27 heavy (non-hydrogen) atoms. The highest BCUT2D eigenvalue weighted by Crippen LogP contribution is 2.36. The van der Waals surface area contributed by atoms with Crippen molar-refractivity contribution in [3.8, 4) is 11.5 Å². The summed E-state index contributed by atoms with van der Waals surface area (Å²) in [5.74, 6) is 1.69. The van der Waals surface area contributed by atoms with Crippen molar-refractivity contribution >= 4 is 11.9 Å². The molecule has 2 N–H and O–H groups in total. The van der Waals surface area contributed by atoms with Crippen LogP contribution in [0.1, 0.15) is 39.5 Å². The summed E-state index contributed by atoms with van der Waals surface area (Å²) in [7, 11) is 0. The molecule has 0 bridgehead atoms. The third kappa shape index (κ3) is 4.35. The molecular formula is C20H28N2O5. The fourth-order valence-electron chi connectivity index (χ4n) is 3.69. The maximum Gasteiger partial charge on any atom is 0.325 e. The number of aliphatic hydroxyl groups excluding tert-OH is 1. The molecule has 2 fully saturated rings. The number of ether oxygens (including phenoxy) is 2. The zero-order chi connectivity index (χ0) is 19.4. The van der Waals surface area contributed by atoms with Gasteiger partial charge in [0.2, 0.25) is 0 Å². The monoisotopic (exact) mass is 376 g/mol. The normalized spacial score (nSPS) is 26.2. The highest BCUT2D eigenvalue weighted by Gasteiger charge is 2.52. The van der Waals surface area contributed by atoms with E-state index in [4.69, 9.17) is 9.47 Å². The Morgan fingerprint density at radius 1 is 1.19 bits per heavy atom. The molecule has 1 atom stereocenters. The Hall–Kier alpha value is -2.28. The fourth-order valence-corrected chi connectivity index (χ4v) is 3.69. The van der Waals surface area contributed by atoms with E-state index in [2.05, 4.69) is 12.2 Å². The first-order chi connectivity index (χ1) is 12.9. The van der Waals surface area contributed by atoms with Gasteiger partial charge in [-0.2, -0.15) is 0 Å². The second-order valence-corrected chi connectivity index (χ2v) is 7.48. The van der Waals surface area contributed by atoms with Crippen LogP contribution in [0.3, 0.4) is 0 Å². The first-order valence-electron chi connectivity index (χ1n) is 9.61. The number of hydrogen-bond donors (Lipinski definition) is 2. The van der Waals surface area contributed by atoms with Crippen molar-refractivity contribution in [3.05, 3.63) is 24.3 Å². The van der Waals surface area contributed by atoms with Crippen LogP contribution in [0.5, 0.6) is 11.5 Å². The number of urea groups is 1. The summed E-state index contributed by atoms with van der Waals surface area (Å²) in [6.07, 6.45) is 2.21. The number of imide groups is 1. The summed E-state index contributed by atoms with van der Waals surface area (Å²) < 4.78 is 10.9. The Morgan fingerprint density at radius 3 is 2.37 bits per heavy atom. The van der Waals surface area contributed by atoms with Gasteiger partial charge in [-0.05, 0) is 62.8 Å². The summed E-state index contributed by atoms with van der Waals surface area (Å²) in [6, 6.07) is 6.66. The first kappa shape index (κ1) is 19.5. The Labute approximate surface area is 159 Å². The van der Waals surface area contributed by atoms with Gasteiger partial charge < -0.3 is 19.9 Å². The Morgan fingerprint density at radius 2 is 1.78 bits per heavy atom. The maximum atomic E-state index is 12.8. The average molecular weight is 376 g/mol. The minimum absolute atomic E-state index is 0.00489. The smallest absolute Gasteiger partial charge is 0.325 e. The van der Waals surface area contributed by atoms with Gasteiger partial charge in [0.1, 0.15) is 29.7 Å². The molecule has 3 amide bonds. The molecule has 3 rings (SSSR count). The lowest BCUT2D eigenvalue weighted by Gasteiger charge is -2.33. The van der Waals surface area contributed by atoms with Crippen LogP contribution in [0.25, 0.3) is 0 Å². The molecule has 2 aliphatic rings. The lowest BCUT2D eigenvalue weighted by molar-refractivity contribution is -0.133. The summed E-state index contributed by atoms with van der Waals surface area (Å²) in [4.78, 5) is 26.2. The van der Waals surface area contributed by atoms with Gasteiger partial charge in [-0.25, -0.2) is 4.79 Å². The number of nitrogens with zero attached hydrogens (tertiary/aromatic N) is 1. The van der Waals surface area contributed by atoms with Crippen LogP contribution in [0.4, 0.5) is 4.79 Å². The van der Waals surface area contributed by atoms with Crippen LogP contribution in [-0.2, 0) is 4.79 Å². The van der Waals surface area contributed by atoms with Crippen LogP contribution < -0.4 is 14.8 Å². The van der Waals surface area contributed by atoms with E-state index in [1.165, 1.54) is 0 Å². The topological polar surface area (TPSA) is 88.1 Å². The Balaban J connectivity index is 1.52. The minimum Gasteiger partial charge on any atom is -0.494 e. The highest BCUT2D eigenvalue weighted by atomic mass is 16.5. The molecule has 1 saturated carbocycles. The molecule has 1 spiro atoms. The molecule has 0 aromatic heterocycles. The van der Waals surface area contributed by atoms with Gasteiger partial charge in [-0.15, -0.1) is 0 Å². The van der Waals surface area contributed by atoms with E-state index in [0.29, 0.717) is 31.1 Å². The predicted molar refractivity (Wildman–Crippen MR) is 99.7 cm³/mol. The SMILES string of the molecule is CCOc1ccc(OCC(O)CN2C(=O)NC3(CCC(C)CC3)C2=O)cc1. The third-order valence-electron chi connectivity index (χ3n) is 5.34. The van der Waals surface area contributed by atoms with Crippen LogP contribution in [0.15, 0.2) is 24.3 Å². The van der Waals surface area contributed by atoms with E-state index in [9.17, 15) is 14.7 Å². The number of amides is 3. The van der Waals surface area contributed by atoms with Gasteiger partial charge in [0.15, 0.2) is 0 Å². The third-order valence-corrected chi connectivity index (χ3v) is 5.34. The quantitative estimate of drug-likeness (QED) is 0.713. The van der Waals surface area contributed by atoms with Crippen LogP contribution >= 0.6 is 0 Å². The summed E-state index contributed by atoms with van der Waals surface area (Å²) in [5, 5.41) is 13.1. The van der Waals surface area contributed by atoms with Crippen LogP contribution in [-0.4, -0.2) is 53.3 Å². The fraction of sp³-hybridized carbons (Fsp3) is 0.600. The van der Waals surface area contributed by atoms with Crippen molar-refractivity contribution in [2.24, 2.45) is 5.92 Å². The number of carbonyl (C=O) groups is 2. The maximum absolute atomic E-state index is 12.8. The number of hydrogen-bond acceptors (Lipinski definition) is 5. The summed E-state index contributed by atoms with van der Waals surface area (Å²) in [5.41, 5.74) is -0.778. The Bertz CT molecular complexity index is 667. The molecule has 1 heterocycles. The van der Waals surface area contributed by atoms with E-state index in [-0.39, 0.29) is 19.1 Å². The second kappa shape index (κ2) is 8.17. The lowest BCUT2D eigenvalue weighted by atomic mass is 9.77. The standard InChI is InChI=1S/C20H28N2O5/c1-3-26-16-4-6-17(7-5-16)27-13-15(23)12-22-18(24)20(21-19(22)25)10-8-14(2)9-11-20/h4-7,14-15,23H,3,8-13H2,1-2H3,(H,21,25). The lowest BCUT2D eigenvalue weighted by Crippen LogP contribution is -2.49. The van der Waals surface area contributed by atoms with Crippen LogP contribution in [0.2, 0.25) is 0 Å². The van der Waals surface area contributed by atoms with Crippen molar-refractivity contribution < 1.29 is 24.2 Å². The first-order valence-corrected chi connectivity index (χ1v) is 9.61. The van der Waals surface area contributed by atoms with Gasteiger partial charge in [0.25, 0.3) is 5.91 Å². The molecule has 7 heteroatoms. The zero-order valence-electron chi connectivity index (χ0n) is 15.9. The van der Waals surface area contributed by atoms with Crippen molar-refractivity contribution in [1.29, 1.82) is 0 Å².